The van der Waals surface area contributed by atoms with Crippen molar-refractivity contribution in [3.05, 3.63) is 0 Å². The van der Waals surface area contributed by atoms with E-state index in [0.717, 1.165) is 71.4 Å². The van der Waals surface area contributed by atoms with Gasteiger partial charge in [0.05, 0.1) is 19.8 Å². The van der Waals surface area contributed by atoms with Crippen molar-refractivity contribution in [2.45, 2.75) is 33.1 Å². The highest BCUT2D eigenvalue weighted by Crippen LogP contribution is 1.99. The Bertz CT molecular complexity index is 305. The molecular formula is C17H36N4O2. The number of ether oxygens (including phenoxy) is 2. The van der Waals surface area contributed by atoms with Gasteiger partial charge in [0.25, 0.3) is 0 Å². The number of aliphatic imine (C=N–C) groups is 1. The van der Waals surface area contributed by atoms with Gasteiger partial charge in [0.1, 0.15) is 0 Å². The summed E-state index contributed by atoms with van der Waals surface area (Å²) in [6, 6.07) is 0. The fourth-order valence-electron chi connectivity index (χ4n) is 2.38. The highest BCUT2D eigenvalue weighted by atomic mass is 16.5. The van der Waals surface area contributed by atoms with Crippen LogP contribution in [-0.2, 0) is 9.47 Å². The van der Waals surface area contributed by atoms with Crippen LogP contribution in [0.25, 0.3) is 0 Å². The molecule has 0 bridgehead atoms. The Hall–Kier alpha value is -0.850. The van der Waals surface area contributed by atoms with E-state index in [9.17, 15) is 0 Å². The van der Waals surface area contributed by atoms with E-state index in [0.29, 0.717) is 5.92 Å². The molecule has 0 atom stereocenters. The lowest BCUT2D eigenvalue weighted by Crippen LogP contribution is -2.40. The molecule has 1 aliphatic rings. The summed E-state index contributed by atoms with van der Waals surface area (Å²) in [6.45, 7) is 12.8. The average molecular weight is 329 g/mol. The maximum absolute atomic E-state index is 5.59. The zero-order chi connectivity index (χ0) is 16.8. The van der Waals surface area contributed by atoms with Crippen LogP contribution in [0.2, 0.25) is 0 Å². The van der Waals surface area contributed by atoms with Gasteiger partial charge >= 0.3 is 0 Å². The molecule has 0 amide bonds. The van der Waals surface area contributed by atoms with Crippen molar-refractivity contribution in [1.82, 2.24) is 15.5 Å². The van der Waals surface area contributed by atoms with Crippen molar-refractivity contribution in [3.63, 3.8) is 0 Å². The Labute approximate surface area is 142 Å². The first-order valence-electron chi connectivity index (χ1n) is 9.04. The molecule has 23 heavy (non-hydrogen) atoms. The van der Waals surface area contributed by atoms with E-state index >= 15 is 0 Å². The minimum atomic E-state index is 0.704. The molecule has 0 aliphatic carbocycles. The molecule has 6 heteroatoms. The summed E-state index contributed by atoms with van der Waals surface area (Å²) in [6.07, 6.45) is 3.49. The second-order valence-corrected chi connectivity index (χ2v) is 6.38. The van der Waals surface area contributed by atoms with Crippen molar-refractivity contribution < 1.29 is 9.47 Å². The van der Waals surface area contributed by atoms with Gasteiger partial charge in [-0.15, -0.1) is 0 Å². The maximum atomic E-state index is 5.59. The van der Waals surface area contributed by atoms with Crippen LogP contribution in [0.1, 0.15) is 33.1 Å². The van der Waals surface area contributed by atoms with Gasteiger partial charge in [0.2, 0.25) is 0 Å². The molecule has 0 radical (unpaired) electrons. The highest BCUT2D eigenvalue weighted by molar-refractivity contribution is 5.79. The van der Waals surface area contributed by atoms with Crippen molar-refractivity contribution in [1.29, 1.82) is 0 Å². The van der Waals surface area contributed by atoms with E-state index in [2.05, 4.69) is 34.4 Å². The molecule has 0 spiro atoms. The van der Waals surface area contributed by atoms with Gasteiger partial charge in [-0.3, -0.25) is 9.89 Å². The lowest BCUT2D eigenvalue weighted by atomic mass is 10.1. The molecule has 1 fully saturated rings. The van der Waals surface area contributed by atoms with Crippen molar-refractivity contribution in [3.8, 4) is 0 Å². The van der Waals surface area contributed by atoms with Gasteiger partial charge in [-0.2, -0.15) is 0 Å². The molecule has 136 valence electrons. The predicted octanol–water partition coefficient (Wildman–Crippen LogP) is 1.33. The summed E-state index contributed by atoms with van der Waals surface area (Å²) in [7, 11) is 1.81. The molecule has 1 aliphatic heterocycles. The Balaban J connectivity index is 1.92. The summed E-state index contributed by atoms with van der Waals surface area (Å²) in [4.78, 5) is 6.71. The largest absolute Gasteiger partial charge is 0.380 e. The second kappa shape index (κ2) is 13.6. The minimum absolute atomic E-state index is 0.704. The lowest BCUT2D eigenvalue weighted by Gasteiger charge is -2.26. The van der Waals surface area contributed by atoms with Crippen LogP contribution in [-0.4, -0.2) is 77.1 Å². The normalized spacial score (nSPS) is 16.8. The first-order chi connectivity index (χ1) is 11.2. The van der Waals surface area contributed by atoms with Crippen LogP contribution >= 0.6 is 0 Å². The molecule has 1 rings (SSSR count). The van der Waals surface area contributed by atoms with E-state index in [1.165, 1.54) is 13.0 Å². The molecule has 1 saturated heterocycles. The smallest absolute Gasteiger partial charge is 0.191 e. The zero-order valence-corrected chi connectivity index (χ0v) is 15.3. The number of unbranched alkanes of at least 4 members (excludes halogenated alkanes) is 1. The Morgan fingerprint density at radius 2 is 1.87 bits per heavy atom. The summed E-state index contributed by atoms with van der Waals surface area (Å²) < 4.78 is 10.9. The summed E-state index contributed by atoms with van der Waals surface area (Å²) >= 11 is 0. The van der Waals surface area contributed by atoms with Gasteiger partial charge in [0.15, 0.2) is 5.96 Å². The highest BCUT2D eigenvalue weighted by Gasteiger charge is 2.08. The van der Waals surface area contributed by atoms with Gasteiger partial charge in [-0.05, 0) is 31.7 Å². The Morgan fingerprint density at radius 1 is 1.13 bits per heavy atom. The van der Waals surface area contributed by atoms with Crippen LogP contribution < -0.4 is 10.6 Å². The standard InChI is InChI=1S/C17H36N4O2/c1-16(2)6-12-22-13-8-20-17(18-3)19-7-4-5-9-21-10-14-23-15-11-21/h16H,4-15H2,1-3H3,(H2,18,19,20). The first kappa shape index (κ1) is 20.2. The van der Waals surface area contributed by atoms with Gasteiger partial charge in [0, 0.05) is 39.8 Å². The summed E-state index contributed by atoms with van der Waals surface area (Å²) in [5, 5.41) is 6.64. The molecule has 0 saturated carbocycles. The Kier molecular flexibility index (Phi) is 11.9. The minimum Gasteiger partial charge on any atom is -0.380 e. The monoisotopic (exact) mass is 328 g/mol. The number of hydrogen-bond donors (Lipinski definition) is 2. The molecule has 0 aromatic heterocycles. The van der Waals surface area contributed by atoms with Gasteiger partial charge in [-0.1, -0.05) is 13.8 Å². The molecule has 2 N–H and O–H groups in total. The molecular weight excluding hydrogens is 292 g/mol. The maximum Gasteiger partial charge on any atom is 0.191 e. The summed E-state index contributed by atoms with van der Waals surface area (Å²) in [5.41, 5.74) is 0. The van der Waals surface area contributed by atoms with Crippen LogP contribution in [0.4, 0.5) is 0 Å². The van der Waals surface area contributed by atoms with E-state index < -0.39 is 0 Å². The van der Waals surface area contributed by atoms with Crippen molar-refractivity contribution in [2.24, 2.45) is 10.9 Å². The fourth-order valence-corrected chi connectivity index (χ4v) is 2.38. The number of nitrogens with one attached hydrogen (secondary N) is 2. The van der Waals surface area contributed by atoms with Crippen LogP contribution in [0.15, 0.2) is 4.99 Å². The number of nitrogens with zero attached hydrogens (tertiary/aromatic N) is 2. The quantitative estimate of drug-likeness (QED) is 0.340. The van der Waals surface area contributed by atoms with Gasteiger partial charge < -0.3 is 20.1 Å². The second-order valence-electron chi connectivity index (χ2n) is 6.38. The van der Waals surface area contributed by atoms with Crippen molar-refractivity contribution in [2.75, 3.05) is 66.2 Å². The van der Waals surface area contributed by atoms with E-state index in [-0.39, 0.29) is 0 Å². The molecule has 1 heterocycles. The number of guanidine groups is 1. The number of rotatable bonds is 11. The predicted molar refractivity (Wildman–Crippen MR) is 96.1 cm³/mol. The van der Waals surface area contributed by atoms with Crippen LogP contribution in [0.5, 0.6) is 0 Å². The molecule has 0 aromatic carbocycles. The fraction of sp³-hybridized carbons (Fsp3) is 0.941. The van der Waals surface area contributed by atoms with Crippen LogP contribution in [0, 0.1) is 5.92 Å². The third-order valence-corrected chi connectivity index (χ3v) is 3.90. The SMILES string of the molecule is CN=C(NCCCCN1CCOCC1)NCCOCCC(C)C. The zero-order valence-electron chi connectivity index (χ0n) is 15.3. The van der Waals surface area contributed by atoms with E-state index in [4.69, 9.17) is 9.47 Å². The molecule has 0 unspecified atom stereocenters. The third kappa shape index (κ3) is 11.3. The van der Waals surface area contributed by atoms with Gasteiger partial charge in [-0.25, -0.2) is 0 Å². The Morgan fingerprint density at radius 3 is 2.57 bits per heavy atom. The molecule has 0 aromatic rings. The lowest BCUT2D eigenvalue weighted by molar-refractivity contribution is 0.0372. The topological polar surface area (TPSA) is 58.1 Å². The number of morpholine rings is 1. The number of hydrogen-bond acceptors (Lipinski definition) is 4. The van der Waals surface area contributed by atoms with Crippen LogP contribution in [0.3, 0.4) is 0 Å². The van der Waals surface area contributed by atoms with E-state index in [1.807, 2.05) is 7.05 Å². The van der Waals surface area contributed by atoms with E-state index in [1.54, 1.807) is 0 Å². The average Bonchev–Trinajstić information content (AvgIpc) is 2.56. The first-order valence-corrected chi connectivity index (χ1v) is 9.04. The molecule has 6 nitrogen and oxygen atoms in total. The third-order valence-electron chi connectivity index (χ3n) is 3.90. The van der Waals surface area contributed by atoms with Crippen molar-refractivity contribution >= 4 is 5.96 Å². The summed E-state index contributed by atoms with van der Waals surface area (Å²) in [5.74, 6) is 1.57.